The minimum atomic E-state index is -0.626. The van der Waals surface area contributed by atoms with E-state index in [-0.39, 0.29) is 35.7 Å². The number of hydrogen-bond donors (Lipinski definition) is 1. The lowest BCUT2D eigenvalue weighted by molar-refractivity contribution is -0.140. The fourth-order valence-electron chi connectivity index (χ4n) is 4.34. The maximum Gasteiger partial charge on any atom is 0.410 e. The molecule has 1 aliphatic rings. The third-order valence-electron chi connectivity index (χ3n) is 6.47. The molecule has 0 aliphatic heterocycles. The molecule has 1 aliphatic carbocycles. The van der Waals surface area contributed by atoms with Crippen molar-refractivity contribution in [1.29, 1.82) is 0 Å². The Morgan fingerprint density at radius 2 is 1.63 bits per heavy atom. The van der Waals surface area contributed by atoms with Gasteiger partial charge in [-0.25, -0.2) is 9.18 Å². The van der Waals surface area contributed by atoms with Gasteiger partial charge >= 0.3 is 12.1 Å². The first-order valence-corrected chi connectivity index (χ1v) is 13.3. The highest BCUT2D eigenvalue weighted by atomic mass is 19.1. The molecule has 0 spiro atoms. The molecule has 2 aromatic rings. The molecule has 8 heteroatoms. The predicted octanol–water partition coefficient (Wildman–Crippen LogP) is 5.97. The van der Waals surface area contributed by atoms with Gasteiger partial charge in [0.05, 0.1) is 7.11 Å². The van der Waals surface area contributed by atoms with Crippen LogP contribution in [0.15, 0.2) is 48.5 Å². The summed E-state index contributed by atoms with van der Waals surface area (Å²) in [5.41, 5.74) is 1.82. The number of carbonyl (C=O) groups is 3. The maximum absolute atomic E-state index is 13.4. The summed E-state index contributed by atoms with van der Waals surface area (Å²) in [6.45, 7) is 6.43. The van der Waals surface area contributed by atoms with Gasteiger partial charge in [0.15, 0.2) is 0 Å². The summed E-state index contributed by atoms with van der Waals surface area (Å²) in [5, 5.41) is 2.93. The third kappa shape index (κ3) is 9.15. The van der Waals surface area contributed by atoms with Crippen LogP contribution in [0.25, 0.3) is 0 Å². The van der Waals surface area contributed by atoms with Gasteiger partial charge in [-0.3, -0.25) is 9.59 Å². The summed E-state index contributed by atoms with van der Waals surface area (Å²) in [6, 6.07) is 13.6. The first-order chi connectivity index (χ1) is 18.1. The molecule has 2 aromatic carbocycles. The smallest absolute Gasteiger partial charge is 0.410 e. The normalized spacial score (nSPS) is 16.4. The number of unbranched alkanes of at least 4 members (excludes halogenated alkanes) is 3. The van der Waals surface area contributed by atoms with E-state index >= 15 is 0 Å². The van der Waals surface area contributed by atoms with E-state index in [1.807, 2.05) is 32.9 Å². The largest absolute Gasteiger partial charge is 0.469 e. The molecule has 206 valence electrons. The Balaban J connectivity index is 1.53. The zero-order valence-corrected chi connectivity index (χ0v) is 22.8. The molecule has 0 bridgehead atoms. The Morgan fingerprint density at radius 3 is 2.26 bits per heavy atom. The van der Waals surface area contributed by atoms with E-state index < -0.39 is 5.60 Å². The van der Waals surface area contributed by atoms with E-state index in [9.17, 15) is 18.8 Å². The van der Waals surface area contributed by atoms with Gasteiger partial charge in [0.2, 0.25) is 0 Å². The van der Waals surface area contributed by atoms with E-state index in [4.69, 9.17) is 4.74 Å². The number of halogens is 1. The molecular weight excluding hydrogens is 487 g/mol. The van der Waals surface area contributed by atoms with Crippen LogP contribution in [0.3, 0.4) is 0 Å². The highest BCUT2D eigenvalue weighted by Crippen LogP contribution is 2.45. The Bertz CT molecular complexity index is 1080. The molecular formula is C30H39FN2O5. The molecule has 2 amide bonds. The zero-order chi connectivity index (χ0) is 27.7. The SMILES string of the molecule is COC(=O)CCCCCCNC(=O)c1ccc(CN(C(=O)OC(C)(C)C)C2CC2c2ccc(F)cc2)cc1. The molecule has 1 saturated carbocycles. The first kappa shape index (κ1) is 29.1. The summed E-state index contributed by atoms with van der Waals surface area (Å²) in [5.74, 6) is -0.488. The van der Waals surface area contributed by atoms with Crippen LogP contribution in [0.5, 0.6) is 0 Å². The second kappa shape index (κ2) is 13.4. The number of amides is 2. The lowest BCUT2D eigenvalue weighted by atomic mass is 10.1. The van der Waals surface area contributed by atoms with Crippen molar-refractivity contribution in [3.05, 3.63) is 71.0 Å². The predicted molar refractivity (Wildman–Crippen MR) is 143 cm³/mol. The number of carbonyl (C=O) groups excluding carboxylic acids is 3. The molecule has 0 radical (unpaired) electrons. The quantitative estimate of drug-likeness (QED) is 0.272. The molecule has 1 N–H and O–H groups in total. The van der Waals surface area contributed by atoms with Crippen LogP contribution < -0.4 is 5.32 Å². The van der Waals surface area contributed by atoms with E-state index in [0.717, 1.165) is 43.2 Å². The summed E-state index contributed by atoms with van der Waals surface area (Å²) in [4.78, 5) is 38.4. The number of nitrogens with one attached hydrogen (secondary N) is 1. The van der Waals surface area contributed by atoms with E-state index in [1.54, 1.807) is 29.2 Å². The highest BCUT2D eigenvalue weighted by molar-refractivity contribution is 5.94. The van der Waals surface area contributed by atoms with Crippen LogP contribution in [-0.2, 0) is 20.8 Å². The standard InChI is InChI=1S/C30H39FN2O5/c1-30(2,3)38-29(36)33(26-19-25(26)22-14-16-24(31)17-15-22)20-21-10-12-23(13-11-21)28(35)32-18-8-6-5-7-9-27(34)37-4/h10-17,25-26H,5-9,18-20H2,1-4H3,(H,32,35). The van der Waals surface area contributed by atoms with Gasteiger partial charge in [-0.1, -0.05) is 37.1 Å². The van der Waals surface area contributed by atoms with Crippen LogP contribution in [0, 0.1) is 5.82 Å². The van der Waals surface area contributed by atoms with Gasteiger partial charge in [-0.15, -0.1) is 0 Å². The maximum atomic E-state index is 13.4. The Morgan fingerprint density at radius 1 is 0.974 bits per heavy atom. The Hall–Kier alpha value is -3.42. The summed E-state index contributed by atoms with van der Waals surface area (Å²) >= 11 is 0. The van der Waals surface area contributed by atoms with Gasteiger partial charge < -0.3 is 19.7 Å². The van der Waals surface area contributed by atoms with E-state index in [1.165, 1.54) is 19.2 Å². The average Bonchev–Trinajstić information content (AvgIpc) is 3.66. The molecule has 3 rings (SSSR count). The lowest BCUT2D eigenvalue weighted by Gasteiger charge is -2.28. The van der Waals surface area contributed by atoms with Crippen molar-refractivity contribution >= 4 is 18.0 Å². The number of hydrogen-bond acceptors (Lipinski definition) is 5. The molecule has 0 aromatic heterocycles. The molecule has 2 atom stereocenters. The van der Waals surface area contributed by atoms with Crippen molar-refractivity contribution in [3.8, 4) is 0 Å². The Kier molecular flexibility index (Phi) is 10.3. The van der Waals surface area contributed by atoms with Crippen molar-refractivity contribution in [1.82, 2.24) is 10.2 Å². The van der Waals surface area contributed by atoms with Gasteiger partial charge in [-0.2, -0.15) is 0 Å². The number of methoxy groups -OCH3 is 1. The third-order valence-corrected chi connectivity index (χ3v) is 6.47. The van der Waals surface area contributed by atoms with Crippen molar-refractivity contribution in [2.45, 2.75) is 83.4 Å². The van der Waals surface area contributed by atoms with Gasteiger partial charge in [0.1, 0.15) is 11.4 Å². The molecule has 0 heterocycles. The highest BCUT2D eigenvalue weighted by Gasteiger charge is 2.46. The van der Waals surface area contributed by atoms with Gasteiger partial charge in [-0.05, 0) is 75.4 Å². The monoisotopic (exact) mass is 526 g/mol. The number of rotatable bonds is 12. The van der Waals surface area contributed by atoms with Crippen LogP contribution in [0.1, 0.15) is 86.7 Å². The van der Waals surface area contributed by atoms with Crippen molar-refractivity contribution in [2.24, 2.45) is 0 Å². The average molecular weight is 527 g/mol. The molecule has 0 saturated heterocycles. The summed E-state index contributed by atoms with van der Waals surface area (Å²) in [7, 11) is 1.39. The molecule has 2 unspecified atom stereocenters. The van der Waals surface area contributed by atoms with Crippen LogP contribution >= 0.6 is 0 Å². The van der Waals surface area contributed by atoms with Crippen molar-refractivity contribution < 1.29 is 28.2 Å². The van der Waals surface area contributed by atoms with Crippen molar-refractivity contribution in [3.63, 3.8) is 0 Å². The van der Waals surface area contributed by atoms with Crippen LogP contribution in [0.2, 0.25) is 0 Å². The topological polar surface area (TPSA) is 84.9 Å². The van der Waals surface area contributed by atoms with Gasteiger partial charge in [0.25, 0.3) is 5.91 Å². The van der Waals surface area contributed by atoms with Crippen molar-refractivity contribution in [2.75, 3.05) is 13.7 Å². The fourth-order valence-corrected chi connectivity index (χ4v) is 4.34. The van der Waals surface area contributed by atoms with E-state index in [0.29, 0.717) is 25.1 Å². The Labute approximate surface area is 224 Å². The minimum Gasteiger partial charge on any atom is -0.469 e. The van der Waals surface area contributed by atoms with Gasteiger partial charge in [0, 0.05) is 37.0 Å². The van der Waals surface area contributed by atoms with Crippen LogP contribution in [0.4, 0.5) is 9.18 Å². The summed E-state index contributed by atoms with van der Waals surface area (Å²) < 4.78 is 23.7. The van der Waals surface area contributed by atoms with E-state index in [2.05, 4.69) is 10.1 Å². The lowest BCUT2D eigenvalue weighted by Crippen LogP contribution is -2.38. The number of esters is 1. The molecule has 7 nitrogen and oxygen atoms in total. The zero-order valence-electron chi connectivity index (χ0n) is 22.8. The minimum absolute atomic E-state index is 0.0362. The number of benzene rings is 2. The first-order valence-electron chi connectivity index (χ1n) is 13.3. The molecule has 1 fully saturated rings. The summed E-state index contributed by atoms with van der Waals surface area (Å²) in [6.07, 6.45) is 4.29. The second-order valence-electron chi connectivity index (χ2n) is 10.8. The van der Waals surface area contributed by atoms with Crippen LogP contribution in [-0.4, -0.2) is 48.2 Å². The number of nitrogens with zero attached hydrogens (tertiary/aromatic N) is 1. The number of ether oxygens (including phenoxy) is 2. The second-order valence-corrected chi connectivity index (χ2v) is 10.8. The fraction of sp³-hybridized carbons (Fsp3) is 0.500. The molecule has 38 heavy (non-hydrogen) atoms.